The predicted molar refractivity (Wildman–Crippen MR) is 117 cm³/mol. The Bertz CT molecular complexity index is 991. The molecule has 1 unspecified atom stereocenters. The van der Waals surface area contributed by atoms with Crippen molar-refractivity contribution in [3.8, 4) is 11.3 Å². The van der Waals surface area contributed by atoms with Crippen LogP contribution in [0.1, 0.15) is 23.4 Å². The molecule has 0 spiro atoms. The van der Waals surface area contributed by atoms with Crippen molar-refractivity contribution in [2.75, 3.05) is 13.1 Å². The van der Waals surface area contributed by atoms with Crippen molar-refractivity contribution >= 4 is 23.2 Å². The van der Waals surface area contributed by atoms with E-state index in [1.165, 1.54) is 0 Å². The second kappa shape index (κ2) is 9.63. The van der Waals surface area contributed by atoms with Crippen LogP contribution < -0.4 is 5.32 Å². The van der Waals surface area contributed by atoms with E-state index in [9.17, 15) is 9.59 Å². The highest BCUT2D eigenvalue weighted by Gasteiger charge is 2.33. The molecule has 7 heteroatoms. The van der Waals surface area contributed by atoms with Crippen LogP contribution in [0.4, 0.5) is 0 Å². The number of carbonyl (C=O) groups excluding carboxylic acids is 2. The van der Waals surface area contributed by atoms with Gasteiger partial charge in [-0.05, 0) is 24.1 Å². The molecule has 1 fully saturated rings. The largest absolute Gasteiger partial charge is 0.356 e. The van der Waals surface area contributed by atoms with Gasteiger partial charge >= 0.3 is 0 Å². The van der Waals surface area contributed by atoms with Gasteiger partial charge in [0.1, 0.15) is 0 Å². The molecule has 30 heavy (non-hydrogen) atoms. The van der Waals surface area contributed by atoms with Crippen molar-refractivity contribution in [3.63, 3.8) is 0 Å². The lowest BCUT2D eigenvalue weighted by molar-refractivity contribution is -0.129. The number of aromatic nitrogens is 2. The predicted octanol–water partition coefficient (Wildman–Crippen LogP) is 3.30. The van der Waals surface area contributed by atoms with Gasteiger partial charge in [-0.1, -0.05) is 30.3 Å². The molecule has 1 atom stereocenters. The number of rotatable bonds is 8. The van der Waals surface area contributed by atoms with E-state index in [1.807, 2.05) is 42.5 Å². The van der Waals surface area contributed by atoms with Crippen molar-refractivity contribution in [1.29, 1.82) is 0 Å². The Hall–Kier alpha value is -3.06. The Morgan fingerprint density at radius 2 is 1.97 bits per heavy atom. The quantitative estimate of drug-likeness (QED) is 0.568. The van der Waals surface area contributed by atoms with Gasteiger partial charge < -0.3 is 10.2 Å². The van der Waals surface area contributed by atoms with Crippen molar-refractivity contribution in [2.24, 2.45) is 5.92 Å². The highest BCUT2D eigenvalue weighted by Crippen LogP contribution is 2.22. The molecule has 3 heterocycles. The van der Waals surface area contributed by atoms with Gasteiger partial charge in [-0.25, -0.2) is 4.98 Å². The lowest BCUT2D eigenvalue weighted by atomic mass is 10.1. The zero-order valence-corrected chi connectivity index (χ0v) is 17.5. The van der Waals surface area contributed by atoms with Crippen LogP contribution in [-0.4, -0.2) is 39.8 Å². The molecule has 3 aromatic rings. The van der Waals surface area contributed by atoms with Crippen LogP contribution in [0.2, 0.25) is 0 Å². The first-order valence-corrected chi connectivity index (χ1v) is 11.0. The molecular weight excluding hydrogens is 396 g/mol. The van der Waals surface area contributed by atoms with Gasteiger partial charge in [0.2, 0.25) is 11.8 Å². The summed E-state index contributed by atoms with van der Waals surface area (Å²) in [4.78, 5) is 35.2. The van der Waals surface area contributed by atoms with Crippen LogP contribution in [0.3, 0.4) is 0 Å². The summed E-state index contributed by atoms with van der Waals surface area (Å²) < 4.78 is 0. The Morgan fingerprint density at radius 3 is 2.77 bits per heavy atom. The van der Waals surface area contributed by atoms with E-state index >= 15 is 0 Å². The van der Waals surface area contributed by atoms with E-state index in [0.29, 0.717) is 26.1 Å². The minimum atomic E-state index is -0.264. The number of pyridine rings is 1. The van der Waals surface area contributed by atoms with Crippen molar-refractivity contribution < 1.29 is 9.59 Å². The zero-order chi connectivity index (χ0) is 20.8. The number of benzene rings is 1. The van der Waals surface area contributed by atoms with Crippen LogP contribution in [0.5, 0.6) is 0 Å². The van der Waals surface area contributed by atoms with Crippen LogP contribution >= 0.6 is 11.3 Å². The minimum Gasteiger partial charge on any atom is -0.356 e. The van der Waals surface area contributed by atoms with Crippen LogP contribution in [0.15, 0.2) is 60.2 Å². The Labute approximate surface area is 180 Å². The van der Waals surface area contributed by atoms with Gasteiger partial charge in [-0.3, -0.25) is 14.6 Å². The van der Waals surface area contributed by atoms with E-state index in [4.69, 9.17) is 0 Å². The number of thiazole rings is 1. The third-order valence-corrected chi connectivity index (χ3v) is 6.10. The number of hydrogen-bond acceptors (Lipinski definition) is 5. The molecule has 6 nitrogen and oxygen atoms in total. The highest BCUT2D eigenvalue weighted by atomic mass is 32.1. The van der Waals surface area contributed by atoms with Crippen LogP contribution in [0.25, 0.3) is 11.3 Å². The summed E-state index contributed by atoms with van der Waals surface area (Å²) in [6, 6.07) is 13.8. The molecule has 0 aliphatic carbocycles. The van der Waals surface area contributed by atoms with Crippen molar-refractivity contribution in [2.45, 2.75) is 25.8 Å². The second-order valence-corrected chi connectivity index (χ2v) is 8.36. The van der Waals surface area contributed by atoms with Crippen molar-refractivity contribution in [1.82, 2.24) is 20.2 Å². The maximum atomic E-state index is 12.5. The van der Waals surface area contributed by atoms with Crippen LogP contribution in [-0.2, 0) is 22.6 Å². The highest BCUT2D eigenvalue weighted by molar-refractivity contribution is 7.09. The van der Waals surface area contributed by atoms with Gasteiger partial charge in [0.05, 0.1) is 16.6 Å². The number of carbonyl (C=O) groups is 2. The standard InChI is InChI=1S/C23H24N4O2S/c28-22-13-19(15-27(22)14-17-5-2-1-3-6-17)23(29)25-10-4-7-21-26-20(16-30-21)18-8-11-24-12-9-18/h1-3,5-6,8-9,11-12,16,19H,4,7,10,13-15H2,(H,25,29). The molecule has 1 aliphatic heterocycles. The average molecular weight is 421 g/mol. The maximum Gasteiger partial charge on any atom is 0.225 e. The zero-order valence-electron chi connectivity index (χ0n) is 16.7. The average Bonchev–Trinajstić information content (AvgIpc) is 3.40. The molecule has 0 bridgehead atoms. The summed E-state index contributed by atoms with van der Waals surface area (Å²) >= 11 is 1.63. The molecular formula is C23H24N4O2S. The topological polar surface area (TPSA) is 75.2 Å². The molecule has 1 saturated heterocycles. The lowest BCUT2D eigenvalue weighted by Gasteiger charge is -2.16. The molecule has 4 rings (SSSR count). The Kier molecular flexibility index (Phi) is 6.49. The third-order valence-electron chi connectivity index (χ3n) is 5.20. The summed E-state index contributed by atoms with van der Waals surface area (Å²) in [6.07, 6.45) is 5.46. The minimum absolute atomic E-state index is 0.0319. The molecule has 1 aromatic carbocycles. The fourth-order valence-corrected chi connectivity index (χ4v) is 4.43. The number of nitrogens with zero attached hydrogens (tertiary/aromatic N) is 3. The number of amides is 2. The number of hydrogen-bond donors (Lipinski definition) is 1. The molecule has 1 N–H and O–H groups in total. The summed E-state index contributed by atoms with van der Waals surface area (Å²) in [7, 11) is 0. The van der Waals surface area contributed by atoms with E-state index in [2.05, 4.69) is 20.7 Å². The maximum absolute atomic E-state index is 12.5. The summed E-state index contributed by atoms with van der Waals surface area (Å²) in [5, 5.41) is 6.10. The summed E-state index contributed by atoms with van der Waals surface area (Å²) in [6.45, 7) is 1.64. The van der Waals surface area contributed by atoms with Gasteiger partial charge in [-0.15, -0.1) is 11.3 Å². The fraction of sp³-hybridized carbons (Fsp3) is 0.304. The van der Waals surface area contributed by atoms with E-state index < -0.39 is 0 Å². The Morgan fingerprint density at radius 1 is 1.17 bits per heavy atom. The molecule has 0 saturated carbocycles. The second-order valence-electron chi connectivity index (χ2n) is 7.42. The number of nitrogens with one attached hydrogen (secondary N) is 1. The summed E-state index contributed by atoms with van der Waals surface area (Å²) in [5.41, 5.74) is 3.11. The first-order chi connectivity index (χ1) is 14.7. The van der Waals surface area contributed by atoms with Crippen molar-refractivity contribution in [3.05, 3.63) is 70.8 Å². The first kappa shape index (κ1) is 20.2. The SMILES string of the molecule is O=C(NCCCc1nc(-c2ccncc2)cs1)C1CC(=O)N(Cc2ccccc2)C1. The van der Waals surface area contributed by atoms with Gasteiger partial charge in [0, 0.05) is 55.8 Å². The molecule has 0 radical (unpaired) electrons. The first-order valence-electron chi connectivity index (χ1n) is 10.1. The smallest absolute Gasteiger partial charge is 0.225 e. The summed E-state index contributed by atoms with van der Waals surface area (Å²) in [5.74, 6) is -0.250. The number of likely N-dealkylation sites (tertiary alicyclic amines) is 1. The molecule has 2 aromatic heterocycles. The van der Waals surface area contributed by atoms with E-state index in [0.717, 1.165) is 34.7 Å². The molecule has 154 valence electrons. The molecule has 1 aliphatic rings. The van der Waals surface area contributed by atoms with E-state index in [-0.39, 0.29) is 17.7 Å². The van der Waals surface area contributed by atoms with Gasteiger partial charge in [0.25, 0.3) is 0 Å². The normalized spacial score (nSPS) is 16.1. The lowest BCUT2D eigenvalue weighted by Crippen LogP contribution is -2.33. The molecule has 2 amide bonds. The van der Waals surface area contributed by atoms with Gasteiger partial charge in [0.15, 0.2) is 0 Å². The van der Waals surface area contributed by atoms with E-state index in [1.54, 1.807) is 28.6 Å². The Balaban J connectivity index is 1.20. The monoisotopic (exact) mass is 420 g/mol. The van der Waals surface area contributed by atoms with Gasteiger partial charge in [-0.2, -0.15) is 0 Å². The fourth-order valence-electron chi connectivity index (χ4n) is 3.58. The van der Waals surface area contributed by atoms with Crippen LogP contribution in [0, 0.1) is 5.92 Å². The number of aryl methyl sites for hydroxylation is 1. The third kappa shape index (κ3) is 5.10.